The van der Waals surface area contributed by atoms with Crippen molar-refractivity contribution in [2.24, 2.45) is 11.8 Å². The van der Waals surface area contributed by atoms with Gasteiger partial charge in [0.2, 0.25) is 0 Å². The Balaban J connectivity index is 0. The van der Waals surface area contributed by atoms with Gasteiger partial charge in [-0.25, -0.2) is 4.94 Å². The smallest absolute Gasteiger partial charge is 0 e. The average Bonchev–Trinajstić information content (AvgIpc) is 0.918. The molecular weight excluding hydrogens is 150 g/mol. The molecule has 0 saturated carbocycles. The van der Waals surface area contributed by atoms with Gasteiger partial charge in [0.15, 0.2) is 0 Å². The third-order valence-corrected chi connectivity index (χ3v) is 0. The summed E-state index contributed by atoms with van der Waals surface area (Å²) in [6, 6.07) is 0. The minimum Gasteiger partial charge on any atom is -0.220 e. The summed E-state index contributed by atoms with van der Waals surface area (Å²) in [5.41, 5.74) is 0. The van der Waals surface area contributed by atoms with Crippen molar-refractivity contribution in [3.63, 3.8) is 0 Å². The molecule has 0 fully saturated rings. The molecule has 0 amide bonds. The second-order valence-corrected chi connectivity index (χ2v) is 0.136. The van der Waals surface area contributed by atoms with Crippen molar-refractivity contribution in [2.75, 3.05) is 0 Å². The molecule has 0 aliphatic carbocycles. The van der Waals surface area contributed by atoms with Crippen LogP contribution in [0.5, 0.6) is 0 Å². The summed E-state index contributed by atoms with van der Waals surface area (Å²) < 4.78 is 0. The van der Waals surface area contributed by atoms with Gasteiger partial charge < -0.3 is 0 Å². The Morgan fingerprint density at radius 2 is 1.25 bits per heavy atom. The van der Waals surface area contributed by atoms with E-state index in [0.717, 1.165) is 0 Å². The minimum atomic E-state index is 0. The second kappa shape index (κ2) is 9.62. The molecule has 0 heterocycles. The summed E-state index contributed by atoms with van der Waals surface area (Å²) in [7, 11) is 0. The van der Waals surface area contributed by atoms with E-state index in [1.807, 2.05) is 0 Å². The number of hydrogen-bond acceptors (Lipinski definition) is 3. The fourth-order valence-electron chi connectivity index (χ4n) is 0. The van der Waals surface area contributed by atoms with Crippen LogP contribution >= 0.6 is 0 Å². The molecule has 0 atom stereocenters. The molecular formula is H4N2OPd. The van der Waals surface area contributed by atoms with Crippen LogP contribution < -0.4 is 11.8 Å². The Labute approximate surface area is 37.9 Å². The quantitative estimate of drug-likeness (QED) is 0.339. The predicted molar refractivity (Wildman–Crippen MR) is 9.46 cm³/mol. The molecule has 0 aromatic rings. The standard InChI is InChI=1S/H4N2O.Pd/c1-3-2;/h1-2H2;. The number of nitrogens with two attached hydrogens (primary N) is 2. The maximum atomic E-state index is 4.12. The van der Waals surface area contributed by atoms with E-state index in [0.29, 0.717) is 0 Å². The summed E-state index contributed by atoms with van der Waals surface area (Å²) in [4.78, 5) is 3.25. The van der Waals surface area contributed by atoms with Crippen LogP contribution in [0.3, 0.4) is 0 Å². The van der Waals surface area contributed by atoms with E-state index in [2.05, 4.69) is 16.7 Å². The zero-order valence-corrected chi connectivity index (χ0v) is 3.43. The van der Waals surface area contributed by atoms with Crippen molar-refractivity contribution in [1.82, 2.24) is 0 Å². The van der Waals surface area contributed by atoms with Crippen molar-refractivity contribution in [2.45, 2.75) is 0 Å². The van der Waals surface area contributed by atoms with Gasteiger partial charge in [-0.1, -0.05) is 0 Å². The molecule has 0 aromatic carbocycles. The van der Waals surface area contributed by atoms with Gasteiger partial charge >= 0.3 is 0 Å². The minimum absolute atomic E-state index is 0. The predicted octanol–water partition coefficient (Wildman–Crippen LogP) is -1.25. The van der Waals surface area contributed by atoms with E-state index in [9.17, 15) is 0 Å². The van der Waals surface area contributed by atoms with Gasteiger partial charge in [0.1, 0.15) is 0 Å². The maximum absolute atomic E-state index is 4.12. The van der Waals surface area contributed by atoms with Gasteiger partial charge in [0.25, 0.3) is 0 Å². The van der Waals surface area contributed by atoms with Gasteiger partial charge in [-0.05, 0) is 0 Å². The van der Waals surface area contributed by atoms with Crippen molar-refractivity contribution in [3.8, 4) is 0 Å². The Kier molecular flexibility index (Phi) is 21.2. The maximum Gasteiger partial charge on any atom is 0 e. The molecule has 0 aliphatic heterocycles. The first kappa shape index (κ1) is 8.82. The van der Waals surface area contributed by atoms with Crippen molar-refractivity contribution in [1.29, 1.82) is 0 Å². The largest absolute Gasteiger partial charge is 0.220 e. The van der Waals surface area contributed by atoms with Crippen molar-refractivity contribution < 1.29 is 25.4 Å². The third-order valence-electron chi connectivity index (χ3n) is 0. The summed E-state index contributed by atoms with van der Waals surface area (Å²) in [6.45, 7) is 0. The van der Waals surface area contributed by atoms with Gasteiger partial charge in [-0.3, -0.25) is 0 Å². The molecule has 0 bridgehead atoms. The van der Waals surface area contributed by atoms with Gasteiger partial charge in [0.05, 0.1) is 0 Å². The van der Waals surface area contributed by atoms with E-state index >= 15 is 0 Å². The fraction of sp³-hybridized carbons (Fsp3) is 0. The average molecular weight is 154 g/mol. The summed E-state index contributed by atoms with van der Waals surface area (Å²) in [6.07, 6.45) is 0. The number of hydrogen-bond donors (Lipinski definition) is 2. The SMILES string of the molecule is NON.[Pd]. The normalized spacial score (nSPS) is 4.50. The third kappa shape index (κ3) is 20.6. The molecule has 0 spiro atoms. The monoisotopic (exact) mass is 154 g/mol. The van der Waals surface area contributed by atoms with E-state index < -0.39 is 0 Å². The van der Waals surface area contributed by atoms with Crippen LogP contribution in [0.2, 0.25) is 0 Å². The van der Waals surface area contributed by atoms with Gasteiger partial charge in [0, 0.05) is 20.4 Å². The van der Waals surface area contributed by atoms with Crippen LogP contribution in [0.4, 0.5) is 0 Å². The zero-order valence-electron chi connectivity index (χ0n) is 1.88. The van der Waals surface area contributed by atoms with Crippen molar-refractivity contribution >= 4 is 0 Å². The molecule has 3 nitrogen and oxygen atoms in total. The van der Waals surface area contributed by atoms with E-state index in [-0.39, 0.29) is 20.4 Å². The molecule has 0 radical (unpaired) electrons. The molecule has 30 valence electrons. The second-order valence-electron chi connectivity index (χ2n) is 0.136. The molecule has 0 unspecified atom stereocenters. The molecule has 0 aromatic heterocycles. The Morgan fingerprint density at radius 3 is 1.25 bits per heavy atom. The zero-order chi connectivity index (χ0) is 2.71. The van der Waals surface area contributed by atoms with Crippen LogP contribution in [0.1, 0.15) is 0 Å². The molecule has 4 N–H and O–H groups in total. The molecule has 0 rings (SSSR count). The first-order valence-corrected chi connectivity index (χ1v) is 0.471. The Hall–Kier alpha value is 0.542. The Morgan fingerprint density at radius 1 is 1.25 bits per heavy atom. The van der Waals surface area contributed by atoms with Crippen LogP contribution in [-0.4, -0.2) is 0 Å². The van der Waals surface area contributed by atoms with E-state index in [4.69, 9.17) is 0 Å². The molecule has 0 aliphatic rings. The van der Waals surface area contributed by atoms with E-state index in [1.54, 1.807) is 0 Å². The van der Waals surface area contributed by atoms with Crippen LogP contribution in [0.15, 0.2) is 0 Å². The molecule has 0 saturated heterocycles. The topological polar surface area (TPSA) is 61.3 Å². The van der Waals surface area contributed by atoms with Crippen LogP contribution in [0, 0.1) is 0 Å². The van der Waals surface area contributed by atoms with Gasteiger partial charge in [-0.2, -0.15) is 11.8 Å². The van der Waals surface area contributed by atoms with E-state index in [1.165, 1.54) is 0 Å². The Bertz CT molecular complexity index is 6.00. The summed E-state index contributed by atoms with van der Waals surface area (Å²) in [5.74, 6) is 8.25. The van der Waals surface area contributed by atoms with Gasteiger partial charge in [-0.15, -0.1) is 0 Å². The number of rotatable bonds is 0. The first-order chi connectivity index (χ1) is 1.41. The fourth-order valence-corrected chi connectivity index (χ4v) is 0. The van der Waals surface area contributed by atoms with Crippen LogP contribution in [0.25, 0.3) is 0 Å². The van der Waals surface area contributed by atoms with Crippen LogP contribution in [-0.2, 0) is 25.4 Å². The molecule has 4 heavy (non-hydrogen) atoms. The molecule has 4 heteroatoms. The first-order valence-electron chi connectivity index (χ1n) is 0.471. The summed E-state index contributed by atoms with van der Waals surface area (Å²) in [5, 5.41) is 0. The van der Waals surface area contributed by atoms with Crippen molar-refractivity contribution in [3.05, 3.63) is 0 Å². The summed E-state index contributed by atoms with van der Waals surface area (Å²) >= 11 is 0.